The molecule has 0 aliphatic carbocycles. The summed E-state index contributed by atoms with van der Waals surface area (Å²) in [4.78, 5) is 11.8. The summed E-state index contributed by atoms with van der Waals surface area (Å²) >= 11 is 5.97. The zero-order valence-electron chi connectivity index (χ0n) is 17.7. The highest BCUT2D eigenvalue weighted by Gasteiger charge is 2.12. The molecule has 0 amide bonds. The number of esters is 1. The fourth-order valence-corrected chi connectivity index (χ4v) is 3.13. The molecule has 3 aromatic carbocycles. The van der Waals surface area contributed by atoms with Gasteiger partial charge in [-0.25, -0.2) is 4.79 Å². The Morgan fingerprint density at radius 1 is 0.903 bits per heavy atom. The van der Waals surface area contributed by atoms with Gasteiger partial charge in [0.25, 0.3) is 0 Å². The second kappa shape index (κ2) is 11.3. The predicted octanol–water partition coefficient (Wildman–Crippen LogP) is 6.11. The lowest BCUT2D eigenvalue weighted by Crippen LogP contribution is -2.07. The lowest BCUT2D eigenvalue weighted by atomic mass is 10.1. The van der Waals surface area contributed by atoms with Crippen LogP contribution in [-0.2, 0) is 17.9 Å². The molecule has 162 valence electrons. The van der Waals surface area contributed by atoms with Crippen molar-refractivity contribution in [3.63, 3.8) is 0 Å². The maximum atomic E-state index is 11.8. The Balaban J connectivity index is 1.71. The zero-order valence-corrected chi connectivity index (χ0v) is 18.4. The Morgan fingerprint density at radius 3 is 2.32 bits per heavy atom. The van der Waals surface area contributed by atoms with Gasteiger partial charge in [0.1, 0.15) is 6.61 Å². The van der Waals surface area contributed by atoms with Gasteiger partial charge in [-0.3, -0.25) is 0 Å². The van der Waals surface area contributed by atoms with Gasteiger partial charge in [0.2, 0.25) is 0 Å². The van der Waals surface area contributed by atoms with Crippen LogP contribution in [0.4, 0.5) is 5.69 Å². The lowest BCUT2D eigenvalue weighted by Gasteiger charge is -2.17. The predicted molar refractivity (Wildman–Crippen MR) is 123 cm³/mol. The van der Waals surface area contributed by atoms with Gasteiger partial charge in [-0.2, -0.15) is 0 Å². The summed E-state index contributed by atoms with van der Waals surface area (Å²) in [6.45, 7) is 5.57. The Kier molecular flexibility index (Phi) is 8.19. The molecule has 3 aromatic rings. The summed E-state index contributed by atoms with van der Waals surface area (Å²) in [5.74, 6) is 1.08. The molecular formula is C25H26ClNO4. The first-order valence-corrected chi connectivity index (χ1v) is 10.6. The highest BCUT2D eigenvalue weighted by Crippen LogP contribution is 2.33. The van der Waals surface area contributed by atoms with E-state index in [9.17, 15) is 4.79 Å². The van der Waals surface area contributed by atoms with E-state index in [2.05, 4.69) is 5.32 Å². The highest BCUT2D eigenvalue weighted by molar-refractivity contribution is 6.30. The van der Waals surface area contributed by atoms with E-state index in [0.717, 1.165) is 16.8 Å². The molecule has 5 nitrogen and oxygen atoms in total. The second-order valence-electron chi connectivity index (χ2n) is 6.74. The Bertz CT molecular complexity index is 987. The monoisotopic (exact) mass is 439 g/mol. The van der Waals surface area contributed by atoms with E-state index in [1.54, 1.807) is 19.1 Å². The minimum Gasteiger partial charge on any atom is -0.490 e. The van der Waals surface area contributed by atoms with Crippen molar-refractivity contribution in [3.8, 4) is 11.5 Å². The smallest absolute Gasteiger partial charge is 0.338 e. The third-order valence-electron chi connectivity index (χ3n) is 4.54. The van der Waals surface area contributed by atoms with Crippen LogP contribution in [0.5, 0.6) is 11.5 Å². The molecule has 0 spiro atoms. The molecule has 0 aliphatic heterocycles. The van der Waals surface area contributed by atoms with E-state index in [1.165, 1.54) is 0 Å². The number of halogens is 1. The third-order valence-corrected chi connectivity index (χ3v) is 4.79. The zero-order chi connectivity index (χ0) is 22.1. The molecule has 6 heteroatoms. The van der Waals surface area contributed by atoms with Gasteiger partial charge in [0.05, 0.1) is 18.8 Å². The van der Waals surface area contributed by atoms with Crippen molar-refractivity contribution in [2.45, 2.75) is 27.0 Å². The van der Waals surface area contributed by atoms with Crippen molar-refractivity contribution in [2.75, 3.05) is 18.5 Å². The minimum atomic E-state index is -0.323. The van der Waals surface area contributed by atoms with Crippen LogP contribution in [0.2, 0.25) is 5.02 Å². The van der Waals surface area contributed by atoms with Gasteiger partial charge < -0.3 is 19.5 Å². The number of ether oxygens (including phenoxy) is 3. The van der Waals surface area contributed by atoms with E-state index < -0.39 is 0 Å². The van der Waals surface area contributed by atoms with Crippen molar-refractivity contribution < 1.29 is 19.0 Å². The molecule has 31 heavy (non-hydrogen) atoms. The number of benzene rings is 3. The van der Waals surface area contributed by atoms with Crippen LogP contribution in [0, 0.1) is 0 Å². The van der Waals surface area contributed by atoms with Crippen LogP contribution in [0.25, 0.3) is 0 Å². The molecule has 0 atom stereocenters. The first-order valence-electron chi connectivity index (χ1n) is 10.2. The molecule has 0 fully saturated rings. The number of carbonyl (C=O) groups excluding carboxylic acids is 1. The largest absolute Gasteiger partial charge is 0.490 e. The molecule has 3 rings (SSSR count). The number of nitrogens with one attached hydrogen (secondary N) is 1. The number of rotatable bonds is 10. The molecule has 0 aliphatic rings. The molecular weight excluding hydrogens is 414 g/mol. The highest BCUT2D eigenvalue weighted by atomic mass is 35.5. The van der Waals surface area contributed by atoms with Gasteiger partial charge in [0.15, 0.2) is 11.5 Å². The van der Waals surface area contributed by atoms with Crippen LogP contribution < -0.4 is 14.8 Å². The summed E-state index contributed by atoms with van der Waals surface area (Å²) in [5.41, 5.74) is 3.40. The van der Waals surface area contributed by atoms with E-state index in [4.69, 9.17) is 25.8 Å². The molecule has 0 bridgehead atoms. The summed E-state index contributed by atoms with van der Waals surface area (Å²) in [5, 5.41) is 4.06. The summed E-state index contributed by atoms with van der Waals surface area (Å²) in [6, 6.07) is 20.6. The average molecular weight is 440 g/mol. The summed E-state index contributed by atoms with van der Waals surface area (Å²) < 4.78 is 16.9. The van der Waals surface area contributed by atoms with E-state index in [-0.39, 0.29) is 5.97 Å². The SMILES string of the molecule is CCOC(=O)c1ccc(NCc2cccc(OCC)c2OCc2ccc(Cl)cc2)cc1. The molecule has 0 heterocycles. The fraction of sp³-hybridized carbons (Fsp3) is 0.240. The molecule has 1 N–H and O–H groups in total. The maximum absolute atomic E-state index is 11.8. The van der Waals surface area contributed by atoms with E-state index >= 15 is 0 Å². The van der Waals surface area contributed by atoms with Crippen molar-refractivity contribution in [1.82, 2.24) is 0 Å². The molecule has 0 saturated carbocycles. The van der Waals surface area contributed by atoms with Gasteiger partial charge in [-0.1, -0.05) is 35.9 Å². The van der Waals surface area contributed by atoms with Crippen molar-refractivity contribution in [3.05, 3.63) is 88.4 Å². The Labute approximate surface area is 187 Å². The van der Waals surface area contributed by atoms with Crippen molar-refractivity contribution >= 4 is 23.3 Å². The number of hydrogen-bond acceptors (Lipinski definition) is 5. The molecule has 0 saturated heterocycles. The molecule has 0 unspecified atom stereocenters. The first-order chi connectivity index (χ1) is 15.1. The van der Waals surface area contributed by atoms with Gasteiger partial charge in [0, 0.05) is 22.8 Å². The van der Waals surface area contributed by atoms with E-state index in [1.807, 2.05) is 61.5 Å². The second-order valence-corrected chi connectivity index (χ2v) is 7.18. The lowest BCUT2D eigenvalue weighted by molar-refractivity contribution is 0.0526. The number of hydrogen-bond donors (Lipinski definition) is 1. The topological polar surface area (TPSA) is 56.8 Å². The van der Waals surface area contributed by atoms with Gasteiger partial charge in [-0.15, -0.1) is 0 Å². The minimum absolute atomic E-state index is 0.323. The fourth-order valence-electron chi connectivity index (χ4n) is 3.01. The quantitative estimate of drug-likeness (QED) is 0.386. The van der Waals surface area contributed by atoms with Gasteiger partial charge >= 0.3 is 5.97 Å². The standard InChI is InChI=1S/C25H26ClNO4/c1-3-29-23-7-5-6-20(24(23)31-17-18-8-12-21(26)13-9-18)16-27-22-14-10-19(11-15-22)25(28)30-4-2/h5-15,27H,3-4,16-17H2,1-2H3. The van der Waals surface area contributed by atoms with Crippen LogP contribution in [-0.4, -0.2) is 19.2 Å². The first kappa shape index (κ1) is 22.5. The molecule has 0 radical (unpaired) electrons. The van der Waals surface area contributed by atoms with Crippen molar-refractivity contribution in [2.24, 2.45) is 0 Å². The van der Waals surface area contributed by atoms with E-state index in [0.29, 0.717) is 48.5 Å². The van der Waals surface area contributed by atoms with Gasteiger partial charge in [-0.05, 0) is 61.9 Å². The maximum Gasteiger partial charge on any atom is 0.338 e. The average Bonchev–Trinajstić information content (AvgIpc) is 2.79. The number of anilines is 1. The summed E-state index contributed by atoms with van der Waals surface area (Å²) in [7, 11) is 0. The Hall–Kier alpha value is -3.18. The molecule has 0 aromatic heterocycles. The third kappa shape index (κ3) is 6.40. The van der Waals surface area contributed by atoms with Crippen molar-refractivity contribution in [1.29, 1.82) is 0 Å². The Morgan fingerprint density at radius 2 is 1.65 bits per heavy atom. The van der Waals surface area contributed by atoms with Crippen LogP contribution >= 0.6 is 11.6 Å². The van der Waals surface area contributed by atoms with Crippen LogP contribution in [0.1, 0.15) is 35.3 Å². The number of carbonyl (C=O) groups is 1. The number of para-hydroxylation sites is 1. The normalized spacial score (nSPS) is 10.4. The summed E-state index contributed by atoms with van der Waals surface area (Å²) in [6.07, 6.45) is 0. The van der Waals surface area contributed by atoms with Crippen LogP contribution in [0.3, 0.4) is 0 Å². The van der Waals surface area contributed by atoms with Crippen LogP contribution in [0.15, 0.2) is 66.7 Å².